The van der Waals surface area contributed by atoms with Gasteiger partial charge in [-0.2, -0.15) is 0 Å². The summed E-state index contributed by atoms with van der Waals surface area (Å²) in [5.74, 6) is 1.55. The second-order valence-corrected chi connectivity index (χ2v) is 4.77. The van der Waals surface area contributed by atoms with Crippen LogP contribution in [0.25, 0.3) is 10.9 Å². The van der Waals surface area contributed by atoms with Gasteiger partial charge < -0.3 is 10.6 Å². The molecule has 0 unspecified atom stereocenters. The second kappa shape index (κ2) is 5.75. The van der Waals surface area contributed by atoms with Crippen molar-refractivity contribution in [2.24, 2.45) is 0 Å². The van der Waals surface area contributed by atoms with E-state index in [0.717, 1.165) is 40.5 Å². The Hall–Kier alpha value is -2.69. The zero-order valence-electron chi connectivity index (χ0n) is 12.1. The average molecular weight is 279 g/mol. The van der Waals surface area contributed by atoms with E-state index >= 15 is 0 Å². The summed E-state index contributed by atoms with van der Waals surface area (Å²) >= 11 is 0. The standard InChI is InChI=1S/C16H17N5/c1-3-17-14-9-15(19-10-18-14)21-13-6-4-5-12-8-7-11(2)20-16(12)13/h4-10H,3H2,1-2H3,(H2,17,18,19,21). The first-order valence-corrected chi connectivity index (χ1v) is 6.95. The maximum Gasteiger partial charge on any atom is 0.135 e. The second-order valence-electron chi connectivity index (χ2n) is 4.77. The molecular formula is C16H17N5. The van der Waals surface area contributed by atoms with Crippen LogP contribution in [0.4, 0.5) is 17.3 Å². The first-order chi connectivity index (χ1) is 10.3. The number of anilines is 3. The van der Waals surface area contributed by atoms with Gasteiger partial charge in [-0.15, -0.1) is 0 Å². The van der Waals surface area contributed by atoms with E-state index in [4.69, 9.17) is 0 Å². The van der Waals surface area contributed by atoms with Gasteiger partial charge in [0.2, 0.25) is 0 Å². The number of benzene rings is 1. The Bertz CT molecular complexity index is 769. The van der Waals surface area contributed by atoms with Crippen LogP contribution in [0.3, 0.4) is 0 Å². The zero-order valence-corrected chi connectivity index (χ0v) is 12.1. The number of fused-ring (bicyclic) bond motifs is 1. The summed E-state index contributed by atoms with van der Waals surface area (Å²) < 4.78 is 0. The topological polar surface area (TPSA) is 62.7 Å². The van der Waals surface area contributed by atoms with Crippen LogP contribution in [0.15, 0.2) is 42.7 Å². The average Bonchev–Trinajstić information content (AvgIpc) is 2.49. The third kappa shape index (κ3) is 2.91. The molecule has 0 aliphatic heterocycles. The van der Waals surface area contributed by atoms with Gasteiger partial charge in [0, 0.05) is 23.7 Å². The van der Waals surface area contributed by atoms with Gasteiger partial charge in [-0.1, -0.05) is 18.2 Å². The minimum Gasteiger partial charge on any atom is -0.370 e. The first kappa shape index (κ1) is 13.3. The van der Waals surface area contributed by atoms with Crippen molar-refractivity contribution in [1.82, 2.24) is 15.0 Å². The normalized spacial score (nSPS) is 10.6. The lowest BCUT2D eigenvalue weighted by Gasteiger charge is -2.10. The molecule has 0 fully saturated rings. The molecule has 0 atom stereocenters. The summed E-state index contributed by atoms with van der Waals surface area (Å²) in [6.45, 7) is 4.85. The lowest BCUT2D eigenvalue weighted by atomic mass is 10.1. The van der Waals surface area contributed by atoms with E-state index in [-0.39, 0.29) is 0 Å². The number of nitrogens with zero attached hydrogens (tertiary/aromatic N) is 3. The van der Waals surface area contributed by atoms with E-state index in [1.54, 1.807) is 6.33 Å². The lowest BCUT2D eigenvalue weighted by Crippen LogP contribution is -2.02. The summed E-state index contributed by atoms with van der Waals surface area (Å²) in [6, 6.07) is 12.0. The highest BCUT2D eigenvalue weighted by molar-refractivity contribution is 5.91. The van der Waals surface area contributed by atoms with E-state index in [0.29, 0.717) is 0 Å². The van der Waals surface area contributed by atoms with Gasteiger partial charge in [-0.25, -0.2) is 9.97 Å². The van der Waals surface area contributed by atoms with E-state index in [9.17, 15) is 0 Å². The highest BCUT2D eigenvalue weighted by Crippen LogP contribution is 2.24. The molecule has 0 bridgehead atoms. The van der Waals surface area contributed by atoms with Crippen LogP contribution in [0.1, 0.15) is 12.6 Å². The van der Waals surface area contributed by atoms with Crippen molar-refractivity contribution in [1.29, 1.82) is 0 Å². The number of aromatic nitrogens is 3. The molecule has 3 aromatic rings. The summed E-state index contributed by atoms with van der Waals surface area (Å²) in [4.78, 5) is 13.0. The van der Waals surface area contributed by atoms with Gasteiger partial charge >= 0.3 is 0 Å². The van der Waals surface area contributed by atoms with Crippen LogP contribution >= 0.6 is 0 Å². The summed E-state index contributed by atoms with van der Waals surface area (Å²) in [6.07, 6.45) is 1.55. The molecule has 106 valence electrons. The molecule has 5 heteroatoms. The van der Waals surface area contributed by atoms with E-state index in [2.05, 4.69) is 37.7 Å². The largest absolute Gasteiger partial charge is 0.370 e. The highest BCUT2D eigenvalue weighted by atomic mass is 15.1. The first-order valence-electron chi connectivity index (χ1n) is 6.95. The molecule has 1 aromatic carbocycles. The van der Waals surface area contributed by atoms with Gasteiger partial charge in [0.25, 0.3) is 0 Å². The maximum atomic E-state index is 4.61. The Kier molecular flexibility index (Phi) is 3.64. The molecule has 2 aromatic heterocycles. The third-order valence-electron chi connectivity index (χ3n) is 3.15. The Labute approximate surface area is 123 Å². The molecule has 2 heterocycles. The molecule has 3 rings (SSSR count). The summed E-state index contributed by atoms with van der Waals surface area (Å²) in [7, 11) is 0. The Balaban J connectivity index is 1.98. The third-order valence-corrected chi connectivity index (χ3v) is 3.15. The van der Waals surface area contributed by atoms with Crippen LogP contribution in [-0.2, 0) is 0 Å². The van der Waals surface area contributed by atoms with Crippen molar-refractivity contribution in [3.05, 3.63) is 48.4 Å². The molecule has 0 spiro atoms. The van der Waals surface area contributed by atoms with Crippen LogP contribution < -0.4 is 10.6 Å². The fourth-order valence-corrected chi connectivity index (χ4v) is 2.19. The molecule has 21 heavy (non-hydrogen) atoms. The molecule has 0 radical (unpaired) electrons. The van der Waals surface area contributed by atoms with Crippen molar-refractivity contribution in [3.63, 3.8) is 0 Å². The van der Waals surface area contributed by atoms with Crippen molar-refractivity contribution in [2.45, 2.75) is 13.8 Å². The smallest absolute Gasteiger partial charge is 0.135 e. The van der Waals surface area contributed by atoms with Crippen LogP contribution in [0.5, 0.6) is 0 Å². The van der Waals surface area contributed by atoms with Crippen LogP contribution in [-0.4, -0.2) is 21.5 Å². The van der Waals surface area contributed by atoms with Gasteiger partial charge in [-0.05, 0) is 26.0 Å². The van der Waals surface area contributed by atoms with Crippen LogP contribution in [0.2, 0.25) is 0 Å². The van der Waals surface area contributed by atoms with Crippen LogP contribution in [0, 0.1) is 6.92 Å². The molecule has 0 amide bonds. The zero-order chi connectivity index (χ0) is 14.7. The minimum absolute atomic E-state index is 0.747. The number of hydrogen-bond donors (Lipinski definition) is 2. The Morgan fingerprint density at radius 2 is 1.90 bits per heavy atom. The Morgan fingerprint density at radius 3 is 2.76 bits per heavy atom. The monoisotopic (exact) mass is 279 g/mol. The number of aryl methyl sites for hydroxylation is 1. The number of pyridine rings is 1. The van der Waals surface area contributed by atoms with Gasteiger partial charge in [-0.3, -0.25) is 4.98 Å². The van der Waals surface area contributed by atoms with Crippen molar-refractivity contribution in [2.75, 3.05) is 17.2 Å². The fraction of sp³-hybridized carbons (Fsp3) is 0.188. The number of para-hydroxylation sites is 1. The van der Waals surface area contributed by atoms with Gasteiger partial charge in [0.05, 0.1) is 11.2 Å². The van der Waals surface area contributed by atoms with E-state index in [1.807, 2.05) is 38.1 Å². The van der Waals surface area contributed by atoms with Crippen molar-refractivity contribution >= 4 is 28.2 Å². The van der Waals surface area contributed by atoms with Gasteiger partial charge in [0.15, 0.2) is 0 Å². The number of nitrogens with one attached hydrogen (secondary N) is 2. The fourth-order valence-electron chi connectivity index (χ4n) is 2.19. The van der Waals surface area contributed by atoms with Crippen molar-refractivity contribution < 1.29 is 0 Å². The SMILES string of the molecule is CCNc1cc(Nc2cccc3ccc(C)nc23)ncn1. The lowest BCUT2D eigenvalue weighted by molar-refractivity contribution is 1.11. The van der Waals surface area contributed by atoms with E-state index in [1.165, 1.54) is 0 Å². The van der Waals surface area contributed by atoms with E-state index < -0.39 is 0 Å². The summed E-state index contributed by atoms with van der Waals surface area (Å²) in [5.41, 5.74) is 2.88. The summed E-state index contributed by atoms with van der Waals surface area (Å²) in [5, 5.41) is 7.60. The maximum absolute atomic E-state index is 4.61. The molecule has 2 N–H and O–H groups in total. The molecule has 0 aliphatic carbocycles. The predicted molar refractivity (Wildman–Crippen MR) is 86.0 cm³/mol. The van der Waals surface area contributed by atoms with Gasteiger partial charge in [0.1, 0.15) is 18.0 Å². The molecule has 5 nitrogen and oxygen atoms in total. The predicted octanol–water partition coefficient (Wildman–Crippen LogP) is 3.51. The number of rotatable bonds is 4. The Morgan fingerprint density at radius 1 is 1.05 bits per heavy atom. The minimum atomic E-state index is 0.747. The molecular weight excluding hydrogens is 262 g/mol. The molecule has 0 aliphatic rings. The quantitative estimate of drug-likeness (QED) is 0.765. The number of hydrogen-bond acceptors (Lipinski definition) is 5. The molecule has 0 saturated heterocycles. The van der Waals surface area contributed by atoms with Crippen molar-refractivity contribution in [3.8, 4) is 0 Å². The molecule has 0 saturated carbocycles. The highest BCUT2D eigenvalue weighted by Gasteiger charge is 2.04.